The Labute approximate surface area is 94.3 Å². The van der Waals surface area contributed by atoms with Crippen molar-refractivity contribution >= 4 is 22.6 Å². The van der Waals surface area contributed by atoms with Gasteiger partial charge >= 0.3 is 0 Å². The van der Waals surface area contributed by atoms with E-state index in [4.69, 9.17) is 10.8 Å². The van der Waals surface area contributed by atoms with Gasteiger partial charge in [0.2, 0.25) is 0 Å². The monoisotopic (exact) mass is 313 g/mol. The molecule has 2 atom stereocenters. The number of aliphatic hydroxyl groups excluding tert-OH is 1. The van der Waals surface area contributed by atoms with Gasteiger partial charge in [0.15, 0.2) is 0 Å². The molecular formula is C9H10F2INO. The van der Waals surface area contributed by atoms with Crippen LogP contribution in [0.1, 0.15) is 18.5 Å². The summed E-state index contributed by atoms with van der Waals surface area (Å²) in [4.78, 5) is 0. The van der Waals surface area contributed by atoms with E-state index in [2.05, 4.69) is 0 Å². The lowest BCUT2D eigenvalue weighted by atomic mass is 10.0. The fourth-order valence-electron chi connectivity index (χ4n) is 1.05. The molecule has 14 heavy (non-hydrogen) atoms. The van der Waals surface area contributed by atoms with Crippen LogP contribution in [0.2, 0.25) is 0 Å². The van der Waals surface area contributed by atoms with E-state index in [1.54, 1.807) is 22.6 Å². The van der Waals surface area contributed by atoms with Crippen LogP contribution in [0.15, 0.2) is 12.1 Å². The van der Waals surface area contributed by atoms with Gasteiger partial charge in [-0.2, -0.15) is 0 Å². The maximum atomic E-state index is 13.3. The minimum Gasteiger partial charge on any atom is -0.391 e. The molecule has 1 aromatic carbocycles. The van der Waals surface area contributed by atoms with Crippen molar-refractivity contribution < 1.29 is 13.9 Å². The highest BCUT2D eigenvalue weighted by molar-refractivity contribution is 14.1. The van der Waals surface area contributed by atoms with Gasteiger partial charge in [-0.15, -0.1) is 0 Å². The largest absolute Gasteiger partial charge is 0.391 e. The van der Waals surface area contributed by atoms with Gasteiger partial charge in [0.25, 0.3) is 0 Å². The molecule has 0 saturated carbocycles. The SMILES string of the molecule is C[C@@H](O)[C@@H](N)c1cc(F)c(I)cc1F. The van der Waals surface area contributed by atoms with Crippen molar-refractivity contribution in [2.24, 2.45) is 5.73 Å². The number of aliphatic hydroxyl groups is 1. The third-order valence-corrected chi connectivity index (χ3v) is 2.75. The Balaban J connectivity index is 3.15. The van der Waals surface area contributed by atoms with Gasteiger partial charge in [0.05, 0.1) is 15.7 Å². The third kappa shape index (κ3) is 2.40. The Morgan fingerprint density at radius 1 is 1.36 bits per heavy atom. The average molecular weight is 313 g/mol. The van der Waals surface area contributed by atoms with Gasteiger partial charge < -0.3 is 10.8 Å². The lowest BCUT2D eigenvalue weighted by Crippen LogP contribution is -2.24. The molecule has 0 spiro atoms. The molecule has 1 aromatic rings. The van der Waals surface area contributed by atoms with Gasteiger partial charge in [0, 0.05) is 5.56 Å². The zero-order valence-corrected chi connectivity index (χ0v) is 9.63. The van der Waals surface area contributed by atoms with Crippen molar-refractivity contribution in [2.45, 2.75) is 19.1 Å². The predicted octanol–water partition coefficient (Wildman–Crippen LogP) is 1.95. The van der Waals surface area contributed by atoms with Crippen molar-refractivity contribution in [3.05, 3.63) is 32.9 Å². The Hall–Kier alpha value is -0.270. The minimum atomic E-state index is -0.913. The highest BCUT2D eigenvalue weighted by atomic mass is 127. The van der Waals surface area contributed by atoms with E-state index in [-0.39, 0.29) is 9.13 Å². The van der Waals surface area contributed by atoms with Crippen molar-refractivity contribution in [3.63, 3.8) is 0 Å². The first-order chi connectivity index (χ1) is 6.43. The number of hydrogen-bond donors (Lipinski definition) is 2. The molecule has 0 aromatic heterocycles. The molecule has 0 aliphatic carbocycles. The smallest absolute Gasteiger partial charge is 0.137 e. The average Bonchev–Trinajstić information content (AvgIpc) is 2.10. The van der Waals surface area contributed by atoms with Crippen LogP contribution in [0.5, 0.6) is 0 Å². The number of rotatable bonds is 2. The van der Waals surface area contributed by atoms with Crippen molar-refractivity contribution in [3.8, 4) is 0 Å². The van der Waals surface area contributed by atoms with Crippen LogP contribution in [0.3, 0.4) is 0 Å². The van der Waals surface area contributed by atoms with Crippen LogP contribution in [0.4, 0.5) is 8.78 Å². The minimum absolute atomic E-state index is 0.00193. The third-order valence-electron chi connectivity index (χ3n) is 1.92. The molecule has 0 aliphatic heterocycles. The molecule has 1 rings (SSSR count). The fraction of sp³-hybridized carbons (Fsp3) is 0.333. The summed E-state index contributed by atoms with van der Waals surface area (Å²) in [6, 6.07) is 1.18. The lowest BCUT2D eigenvalue weighted by Gasteiger charge is -2.16. The Morgan fingerprint density at radius 3 is 2.43 bits per heavy atom. The van der Waals surface area contributed by atoms with Crippen LogP contribution in [0.25, 0.3) is 0 Å². The Kier molecular flexibility index (Phi) is 3.79. The summed E-state index contributed by atoms with van der Waals surface area (Å²) < 4.78 is 26.5. The highest BCUT2D eigenvalue weighted by Gasteiger charge is 2.18. The summed E-state index contributed by atoms with van der Waals surface area (Å²) in [6.45, 7) is 1.43. The molecule has 0 heterocycles. The second-order valence-corrected chi connectivity index (χ2v) is 4.22. The van der Waals surface area contributed by atoms with Gasteiger partial charge in [0.1, 0.15) is 11.6 Å². The molecule has 78 valence electrons. The number of nitrogens with two attached hydrogens (primary N) is 1. The first kappa shape index (κ1) is 11.8. The second-order valence-electron chi connectivity index (χ2n) is 3.05. The molecular weight excluding hydrogens is 303 g/mol. The van der Waals surface area contributed by atoms with Gasteiger partial charge in [-0.25, -0.2) is 8.78 Å². The van der Waals surface area contributed by atoms with Crippen LogP contribution in [0, 0.1) is 15.2 Å². The first-order valence-electron chi connectivity index (χ1n) is 4.01. The number of hydrogen-bond acceptors (Lipinski definition) is 2. The highest BCUT2D eigenvalue weighted by Crippen LogP contribution is 2.22. The molecule has 0 unspecified atom stereocenters. The van der Waals surface area contributed by atoms with Crippen molar-refractivity contribution in [1.29, 1.82) is 0 Å². The summed E-state index contributed by atoms with van der Waals surface area (Å²) in [6.07, 6.45) is -0.913. The zero-order chi connectivity index (χ0) is 10.9. The molecule has 2 nitrogen and oxygen atoms in total. The van der Waals surface area contributed by atoms with E-state index in [1.807, 2.05) is 0 Å². The fourth-order valence-corrected chi connectivity index (χ4v) is 1.48. The Bertz CT molecular complexity index is 344. The van der Waals surface area contributed by atoms with Crippen LogP contribution >= 0.6 is 22.6 Å². The molecule has 0 fully saturated rings. The van der Waals surface area contributed by atoms with E-state index in [0.29, 0.717) is 0 Å². The van der Waals surface area contributed by atoms with Crippen molar-refractivity contribution in [2.75, 3.05) is 0 Å². The summed E-state index contributed by atoms with van der Waals surface area (Å²) in [5.74, 6) is -1.12. The van der Waals surface area contributed by atoms with E-state index in [1.165, 1.54) is 6.92 Å². The maximum absolute atomic E-state index is 13.3. The Morgan fingerprint density at radius 2 is 1.93 bits per heavy atom. The quantitative estimate of drug-likeness (QED) is 0.647. The summed E-state index contributed by atoms with van der Waals surface area (Å²) in [7, 11) is 0. The maximum Gasteiger partial charge on any atom is 0.137 e. The van der Waals surface area contributed by atoms with E-state index < -0.39 is 23.8 Å². The predicted molar refractivity (Wildman–Crippen MR) is 57.7 cm³/mol. The van der Waals surface area contributed by atoms with E-state index in [9.17, 15) is 8.78 Å². The summed E-state index contributed by atoms with van der Waals surface area (Å²) in [5, 5.41) is 9.14. The topological polar surface area (TPSA) is 46.2 Å². The number of halogens is 3. The van der Waals surface area contributed by atoms with Gasteiger partial charge in [-0.1, -0.05) is 0 Å². The van der Waals surface area contributed by atoms with Crippen LogP contribution in [-0.4, -0.2) is 11.2 Å². The lowest BCUT2D eigenvalue weighted by molar-refractivity contribution is 0.162. The van der Waals surface area contributed by atoms with E-state index >= 15 is 0 Å². The molecule has 0 saturated heterocycles. The first-order valence-corrected chi connectivity index (χ1v) is 5.09. The van der Waals surface area contributed by atoms with Crippen LogP contribution in [-0.2, 0) is 0 Å². The zero-order valence-electron chi connectivity index (χ0n) is 7.47. The number of benzene rings is 1. The molecule has 0 aliphatic rings. The second kappa shape index (κ2) is 4.50. The standard InChI is InChI=1S/C9H10F2INO/c1-4(14)9(13)5-2-7(11)8(12)3-6(5)10/h2-4,9,14H,13H2,1H3/t4-,9-/m1/s1. The molecule has 3 N–H and O–H groups in total. The molecule has 0 amide bonds. The van der Waals surface area contributed by atoms with Gasteiger partial charge in [-0.3, -0.25) is 0 Å². The molecule has 5 heteroatoms. The molecule has 0 radical (unpaired) electrons. The van der Waals surface area contributed by atoms with Crippen molar-refractivity contribution in [1.82, 2.24) is 0 Å². The molecule has 0 bridgehead atoms. The summed E-state index contributed by atoms with van der Waals surface area (Å²) >= 11 is 1.69. The van der Waals surface area contributed by atoms with Gasteiger partial charge in [-0.05, 0) is 41.6 Å². The van der Waals surface area contributed by atoms with E-state index in [0.717, 1.165) is 12.1 Å². The van der Waals surface area contributed by atoms with Crippen LogP contribution < -0.4 is 5.73 Å². The summed E-state index contributed by atoms with van der Waals surface area (Å²) in [5.41, 5.74) is 5.50. The normalized spacial score (nSPS) is 15.3.